The van der Waals surface area contributed by atoms with Crippen LogP contribution in [0.15, 0.2) is 53.8 Å². The van der Waals surface area contributed by atoms with Gasteiger partial charge >= 0.3 is 0 Å². The summed E-state index contributed by atoms with van der Waals surface area (Å²) >= 11 is 2.04. The van der Waals surface area contributed by atoms with Crippen molar-refractivity contribution in [1.29, 1.82) is 0 Å². The molecule has 2 aromatic rings. The molecule has 0 aliphatic carbocycles. The van der Waals surface area contributed by atoms with Gasteiger partial charge in [0.05, 0.1) is 6.54 Å². The number of thioether (sulfide) groups is 1. The first-order valence-electron chi connectivity index (χ1n) is 9.40. The minimum absolute atomic E-state index is 0.689. The summed E-state index contributed by atoms with van der Waals surface area (Å²) in [5.41, 5.74) is 2.57. The van der Waals surface area contributed by atoms with E-state index in [0.717, 1.165) is 38.7 Å². The number of aliphatic imine (C=N–C) groups is 1. The molecule has 1 aromatic carbocycles. The number of nitrogens with zero attached hydrogens (tertiary/aromatic N) is 3. The summed E-state index contributed by atoms with van der Waals surface area (Å²) in [6.07, 6.45) is 4.16. The highest BCUT2D eigenvalue weighted by atomic mass is 32.2. The summed E-state index contributed by atoms with van der Waals surface area (Å²) in [5, 5.41) is 6.71. The largest absolute Gasteiger partial charge is 0.370 e. The molecule has 0 radical (unpaired) electrons. The van der Waals surface area contributed by atoms with Crippen LogP contribution in [0.3, 0.4) is 0 Å². The summed E-state index contributed by atoms with van der Waals surface area (Å²) in [6.45, 7) is 7.73. The van der Waals surface area contributed by atoms with Crippen LogP contribution in [0.25, 0.3) is 0 Å². The summed E-state index contributed by atoms with van der Waals surface area (Å²) in [4.78, 5) is 7.18. The molecule has 0 spiro atoms. The molecular formula is C20H29N5S. The molecule has 6 heteroatoms. The number of benzene rings is 1. The van der Waals surface area contributed by atoms with E-state index in [1.54, 1.807) is 0 Å². The molecule has 1 aliphatic rings. The van der Waals surface area contributed by atoms with Gasteiger partial charge in [-0.2, -0.15) is 11.8 Å². The molecule has 0 amide bonds. The van der Waals surface area contributed by atoms with E-state index in [0.29, 0.717) is 6.54 Å². The SMILES string of the molecule is CCNC(=NCc1ccc(N2CCSCC2)cc1)NCCn1cccc1. The summed E-state index contributed by atoms with van der Waals surface area (Å²) in [6, 6.07) is 13.0. The van der Waals surface area contributed by atoms with Gasteiger partial charge in [-0.15, -0.1) is 0 Å². The lowest BCUT2D eigenvalue weighted by molar-refractivity contribution is 0.666. The molecule has 5 nitrogen and oxygen atoms in total. The van der Waals surface area contributed by atoms with Gasteiger partial charge in [0.15, 0.2) is 5.96 Å². The van der Waals surface area contributed by atoms with Crippen LogP contribution in [0.4, 0.5) is 5.69 Å². The second-order valence-corrected chi connectivity index (χ2v) is 7.53. The van der Waals surface area contributed by atoms with Crippen LogP contribution >= 0.6 is 11.8 Å². The van der Waals surface area contributed by atoms with Crippen molar-refractivity contribution in [2.24, 2.45) is 4.99 Å². The number of aromatic nitrogens is 1. The average Bonchev–Trinajstić information content (AvgIpc) is 3.21. The molecule has 2 N–H and O–H groups in total. The van der Waals surface area contributed by atoms with Gasteiger partial charge in [-0.3, -0.25) is 0 Å². The second-order valence-electron chi connectivity index (χ2n) is 6.31. The lowest BCUT2D eigenvalue weighted by Gasteiger charge is -2.28. The Morgan fingerprint density at radius 2 is 1.81 bits per heavy atom. The number of guanidine groups is 1. The standard InChI is InChI=1S/C20H29N5S/c1-2-21-20(22-9-12-24-10-3-4-11-24)23-17-18-5-7-19(8-6-18)25-13-15-26-16-14-25/h3-8,10-11H,2,9,12-17H2,1H3,(H2,21,22,23). The first-order valence-corrected chi connectivity index (χ1v) is 10.5. The van der Waals surface area contributed by atoms with Crippen molar-refractivity contribution < 1.29 is 0 Å². The topological polar surface area (TPSA) is 44.6 Å². The van der Waals surface area contributed by atoms with Crippen LogP contribution in [0.5, 0.6) is 0 Å². The Labute approximate surface area is 160 Å². The van der Waals surface area contributed by atoms with Crippen molar-refractivity contribution in [3.05, 3.63) is 54.4 Å². The van der Waals surface area contributed by atoms with E-state index in [4.69, 9.17) is 4.99 Å². The molecule has 140 valence electrons. The lowest BCUT2D eigenvalue weighted by atomic mass is 10.2. The third-order valence-corrected chi connectivity index (χ3v) is 5.35. The Balaban J connectivity index is 1.51. The fourth-order valence-electron chi connectivity index (χ4n) is 2.97. The number of nitrogens with one attached hydrogen (secondary N) is 2. The van der Waals surface area contributed by atoms with E-state index in [-0.39, 0.29) is 0 Å². The predicted octanol–water partition coefficient (Wildman–Crippen LogP) is 2.80. The maximum Gasteiger partial charge on any atom is 0.191 e. The Kier molecular flexibility index (Phi) is 7.31. The van der Waals surface area contributed by atoms with Crippen molar-refractivity contribution in [2.75, 3.05) is 42.6 Å². The van der Waals surface area contributed by atoms with Gasteiger partial charge in [0.2, 0.25) is 0 Å². The minimum Gasteiger partial charge on any atom is -0.370 e. The minimum atomic E-state index is 0.689. The number of hydrogen-bond acceptors (Lipinski definition) is 3. The van der Waals surface area contributed by atoms with Crippen LogP contribution in [-0.2, 0) is 13.1 Å². The molecule has 1 aromatic heterocycles. The highest BCUT2D eigenvalue weighted by molar-refractivity contribution is 7.99. The first kappa shape index (κ1) is 18.7. The van der Waals surface area contributed by atoms with Crippen molar-refractivity contribution >= 4 is 23.4 Å². The molecule has 0 unspecified atom stereocenters. The number of hydrogen-bond donors (Lipinski definition) is 2. The van der Waals surface area contributed by atoms with Crippen LogP contribution in [0, 0.1) is 0 Å². The van der Waals surface area contributed by atoms with E-state index in [1.807, 2.05) is 23.9 Å². The molecule has 3 rings (SSSR count). The first-order chi connectivity index (χ1) is 12.8. The van der Waals surface area contributed by atoms with Crippen molar-refractivity contribution in [3.8, 4) is 0 Å². The monoisotopic (exact) mass is 371 g/mol. The third kappa shape index (κ3) is 5.73. The molecule has 1 aliphatic heterocycles. The Hall–Kier alpha value is -2.08. The van der Waals surface area contributed by atoms with Gasteiger partial charge in [-0.05, 0) is 36.8 Å². The number of rotatable bonds is 7. The zero-order chi connectivity index (χ0) is 18.0. The lowest BCUT2D eigenvalue weighted by Crippen LogP contribution is -2.38. The smallest absolute Gasteiger partial charge is 0.191 e. The van der Waals surface area contributed by atoms with E-state index in [9.17, 15) is 0 Å². The van der Waals surface area contributed by atoms with Crippen LogP contribution < -0.4 is 15.5 Å². The zero-order valence-corrected chi connectivity index (χ0v) is 16.3. The summed E-state index contributed by atoms with van der Waals surface area (Å²) in [7, 11) is 0. The van der Waals surface area contributed by atoms with E-state index < -0.39 is 0 Å². The molecular weight excluding hydrogens is 342 g/mol. The van der Waals surface area contributed by atoms with E-state index >= 15 is 0 Å². The maximum atomic E-state index is 4.71. The van der Waals surface area contributed by atoms with Gasteiger partial charge in [-0.1, -0.05) is 12.1 Å². The van der Waals surface area contributed by atoms with E-state index in [1.165, 1.54) is 22.8 Å². The number of anilines is 1. The second kappa shape index (κ2) is 10.2. The third-order valence-electron chi connectivity index (χ3n) is 4.41. The van der Waals surface area contributed by atoms with Gasteiger partial charge < -0.3 is 20.1 Å². The zero-order valence-electron chi connectivity index (χ0n) is 15.5. The summed E-state index contributed by atoms with van der Waals surface area (Å²) < 4.78 is 2.16. The van der Waals surface area contributed by atoms with Crippen molar-refractivity contribution in [1.82, 2.24) is 15.2 Å². The van der Waals surface area contributed by atoms with Crippen LogP contribution in [-0.4, -0.2) is 48.2 Å². The van der Waals surface area contributed by atoms with E-state index in [2.05, 4.69) is 63.7 Å². The fourth-order valence-corrected chi connectivity index (χ4v) is 3.87. The van der Waals surface area contributed by atoms with Gasteiger partial charge in [0, 0.05) is 62.3 Å². The molecule has 0 saturated carbocycles. The normalized spacial score (nSPS) is 15.1. The highest BCUT2D eigenvalue weighted by Crippen LogP contribution is 2.20. The van der Waals surface area contributed by atoms with Gasteiger partial charge in [0.25, 0.3) is 0 Å². The Morgan fingerprint density at radius 1 is 1.08 bits per heavy atom. The van der Waals surface area contributed by atoms with Gasteiger partial charge in [-0.25, -0.2) is 4.99 Å². The summed E-state index contributed by atoms with van der Waals surface area (Å²) in [5.74, 6) is 3.33. The quantitative estimate of drug-likeness (QED) is 0.580. The Morgan fingerprint density at radius 3 is 2.50 bits per heavy atom. The molecule has 2 heterocycles. The average molecular weight is 372 g/mol. The molecule has 0 bridgehead atoms. The Bertz CT molecular complexity index is 660. The van der Waals surface area contributed by atoms with Crippen molar-refractivity contribution in [2.45, 2.75) is 20.0 Å². The fraction of sp³-hybridized carbons (Fsp3) is 0.450. The predicted molar refractivity (Wildman–Crippen MR) is 113 cm³/mol. The van der Waals surface area contributed by atoms with Gasteiger partial charge in [0.1, 0.15) is 0 Å². The van der Waals surface area contributed by atoms with Crippen molar-refractivity contribution in [3.63, 3.8) is 0 Å². The highest BCUT2D eigenvalue weighted by Gasteiger charge is 2.10. The van der Waals surface area contributed by atoms with Crippen LogP contribution in [0.2, 0.25) is 0 Å². The molecule has 26 heavy (non-hydrogen) atoms. The molecule has 1 saturated heterocycles. The molecule has 0 atom stereocenters. The maximum absolute atomic E-state index is 4.71. The van der Waals surface area contributed by atoms with Crippen LogP contribution in [0.1, 0.15) is 12.5 Å². The molecule has 1 fully saturated rings.